The van der Waals surface area contributed by atoms with Gasteiger partial charge in [0.25, 0.3) is 0 Å². The molecule has 2 aromatic carbocycles. The maximum atomic E-state index is 12.7. The smallest absolute Gasteiger partial charge is 0.360 e. The molecule has 0 unspecified atom stereocenters. The molecule has 0 N–H and O–H groups in total. The summed E-state index contributed by atoms with van der Waals surface area (Å²) < 4.78 is 7.50. The maximum Gasteiger partial charge on any atom is 0.360 e. The van der Waals surface area contributed by atoms with Gasteiger partial charge in [0.1, 0.15) is 12.3 Å². The van der Waals surface area contributed by atoms with Crippen LogP contribution in [-0.2, 0) is 20.9 Å². The zero-order valence-corrected chi connectivity index (χ0v) is 35.2. The molecule has 0 fully saturated rings. The van der Waals surface area contributed by atoms with E-state index in [1.807, 2.05) is 24.3 Å². The zero-order chi connectivity index (χ0) is 37.2. The Hall–Kier alpha value is -2.09. The van der Waals surface area contributed by atoms with E-state index in [1.165, 1.54) is 154 Å². The monoisotopic (exact) mass is 770 g/mol. The Labute approximate surface area is 329 Å². The summed E-state index contributed by atoms with van der Waals surface area (Å²) in [5.74, 6) is 1.74. The lowest BCUT2D eigenvalue weighted by molar-refractivity contribution is -0.132. The Morgan fingerprint density at radius 2 is 1.17 bits per heavy atom. The number of fused-ring (bicyclic) bond motifs is 1. The van der Waals surface area contributed by atoms with Crippen LogP contribution in [0.25, 0.3) is 10.9 Å². The van der Waals surface area contributed by atoms with E-state index in [4.69, 9.17) is 21.2 Å². The van der Waals surface area contributed by atoms with Crippen molar-refractivity contribution in [1.29, 1.82) is 0 Å². The molecule has 0 spiro atoms. The number of para-hydroxylation sites is 1. The van der Waals surface area contributed by atoms with Crippen LogP contribution in [-0.4, -0.2) is 42.0 Å². The minimum absolute atomic E-state index is 0.144. The van der Waals surface area contributed by atoms with Gasteiger partial charge >= 0.3 is 5.97 Å². The molecule has 8 heteroatoms. The summed E-state index contributed by atoms with van der Waals surface area (Å²) in [5.41, 5.74) is 4.07. The molecule has 3 rings (SSSR count). The molecule has 52 heavy (non-hydrogen) atoms. The highest BCUT2D eigenvalue weighted by Crippen LogP contribution is 2.48. The van der Waals surface area contributed by atoms with Gasteiger partial charge in [-0.3, -0.25) is 0 Å². The number of methoxy groups -OCH3 is 1. The molecule has 0 amide bonds. The number of esters is 1. The summed E-state index contributed by atoms with van der Waals surface area (Å²) in [6, 6.07) is 16.4. The van der Waals surface area contributed by atoms with E-state index in [-0.39, 0.29) is 10.3 Å². The fraction of sp³-hybridized carbons (Fsp3) is 0.636. The predicted molar refractivity (Wildman–Crippen MR) is 229 cm³/mol. The lowest BCUT2D eigenvalue weighted by atomic mass is 10.0. The van der Waals surface area contributed by atoms with Crippen molar-refractivity contribution in [1.82, 2.24) is 4.57 Å². The Morgan fingerprint density at radius 1 is 0.692 bits per heavy atom. The molecule has 0 radical (unpaired) electrons. The largest absolute Gasteiger partial charge is 0.464 e. The van der Waals surface area contributed by atoms with Gasteiger partial charge in [-0.05, 0) is 36.0 Å². The van der Waals surface area contributed by atoms with Gasteiger partial charge in [0, 0.05) is 28.6 Å². The first-order valence-corrected chi connectivity index (χ1v) is 22.8. The van der Waals surface area contributed by atoms with E-state index in [2.05, 4.69) is 71.4 Å². The van der Waals surface area contributed by atoms with Gasteiger partial charge in [0.05, 0.1) is 11.7 Å². The number of unbranched alkanes of at least 4 members (excludes halogenated alkanes) is 18. The summed E-state index contributed by atoms with van der Waals surface area (Å²) in [5, 5.41) is 6.02. The number of thioether (sulfide) groups is 2. The fourth-order valence-corrected chi connectivity index (χ4v) is 10.3. The molecule has 0 aliphatic rings. The summed E-state index contributed by atoms with van der Waals surface area (Å²) in [4.78, 5) is 17.8. The minimum atomic E-state index is -0.537. The second-order valence-electron chi connectivity index (χ2n) is 14.0. The van der Waals surface area contributed by atoms with Crippen LogP contribution in [0.3, 0.4) is 0 Å². The number of rotatable bonds is 30. The van der Waals surface area contributed by atoms with E-state index < -0.39 is 5.97 Å². The van der Waals surface area contributed by atoms with Crippen LogP contribution in [0, 0.1) is 0 Å². The third-order valence-corrected chi connectivity index (χ3v) is 13.2. The van der Waals surface area contributed by atoms with E-state index in [0.29, 0.717) is 12.1 Å². The number of benzene rings is 2. The number of carbonyl (C=O) groups is 1. The number of aromatic nitrogens is 1. The van der Waals surface area contributed by atoms with Crippen LogP contribution in [0.15, 0.2) is 53.7 Å². The van der Waals surface area contributed by atoms with Crippen molar-refractivity contribution in [2.24, 2.45) is 5.16 Å². The number of nitrogens with zero attached hydrogens (tertiary/aromatic N) is 2. The van der Waals surface area contributed by atoms with Crippen molar-refractivity contribution in [2.45, 2.75) is 153 Å². The standard InChI is InChI=1S/C44H67ClN2O3S2/c1-5-7-9-11-13-15-17-19-21-27-33-51-44(52-34-28-22-20-18-16-14-12-10-8-6-2)40-38-31-25-26-32-39(38)47(42(40)45)35-36-29-23-24-30-37(36)41(46-50-4)43(48)49-3/h23-26,29-32,44H,5-22,27-28,33-35H2,1-4H3/b46-41+. The van der Waals surface area contributed by atoms with E-state index >= 15 is 0 Å². The van der Waals surface area contributed by atoms with Crippen LogP contribution in [0.2, 0.25) is 5.15 Å². The molecule has 0 aliphatic heterocycles. The van der Waals surface area contributed by atoms with Gasteiger partial charge in [-0.2, -0.15) is 0 Å². The Morgan fingerprint density at radius 3 is 1.69 bits per heavy atom. The van der Waals surface area contributed by atoms with Crippen molar-refractivity contribution >= 4 is 57.7 Å². The third-order valence-electron chi connectivity index (χ3n) is 9.88. The maximum absolute atomic E-state index is 12.7. The van der Waals surface area contributed by atoms with Crippen LogP contribution in [0.5, 0.6) is 0 Å². The molecule has 0 aliphatic carbocycles. The van der Waals surface area contributed by atoms with Gasteiger partial charge in [0.2, 0.25) is 0 Å². The molecular formula is C44H67ClN2O3S2. The SMILES string of the molecule is CCCCCCCCCCCCSC(SCCCCCCCCCCCC)c1c(Cl)n(Cc2ccccc2/C(=N\OC)C(=O)OC)c2ccccc12. The van der Waals surface area contributed by atoms with Crippen LogP contribution in [0.1, 0.15) is 164 Å². The highest BCUT2D eigenvalue weighted by molar-refractivity contribution is 8.16. The lowest BCUT2D eigenvalue weighted by Gasteiger charge is -2.18. The van der Waals surface area contributed by atoms with E-state index in [1.54, 1.807) is 0 Å². The van der Waals surface area contributed by atoms with Gasteiger partial charge in [-0.1, -0.05) is 189 Å². The lowest BCUT2D eigenvalue weighted by Crippen LogP contribution is -2.20. The molecule has 0 saturated carbocycles. The normalized spacial score (nSPS) is 11.9. The summed E-state index contributed by atoms with van der Waals surface area (Å²) in [6.07, 6.45) is 27.0. The highest BCUT2D eigenvalue weighted by atomic mass is 35.5. The number of hydrogen-bond donors (Lipinski definition) is 0. The van der Waals surface area contributed by atoms with Crippen molar-refractivity contribution in [3.8, 4) is 0 Å². The second-order valence-corrected chi connectivity index (χ2v) is 17.1. The van der Waals surface area contributed by atoms with Crippen molar-refractivity contribution < 1.29 is 14.4 Å². The molecule has 3 aromatic rings. The average molecular weight is 772 g/mol. The van der Waals surface area contributed by atoms with E-state index in [9.17, 15) is 4.79 Å². The Bertz CT molecular complexity index is 1420. The van der Waals surface area contributed by atoms with Crippen LogP contribution in [0.4, 0.5) is 0 Å². The van der Waals surface area contributed by atoms with Gasteiger partial charge in [-0.25, -0.2) is 4.79 Å². The quantitative estimate of drug-likeness (QED) is 0.0222. The number of carbonyl (C=O) groups excluding carboxylic acids is 1. The van der Waals surface area contributed by atoms with Crippen molar-refractivity contribution in [3.63, 3.8) is 0 Å². The van der Waals surface area contributed by atoms with Crippen molar-refractivity contribution in [3.05, 3.63) is 70.4 Å². The van der Waals surface area contributed by atoms with E-state index in [0.717, 1.165) is 27.7 Å². The van der Waals surface area contributed by atoms with Gasteiger partial charge in [0.15, 0.2) is 5.71 Å². The summed E-state index contributed by atoms with van der Waals surface area (Å²) in [6.45, 7) is 5.07. The van der Waals surface area contributed by atoms with Gasteiger partial charge in [-0.15, -0.1) is 23.5 Å². The average Bonchev–Trinajstić information content (AvgIpc) is 3.44. The summed E-state index contributed by atoms with van der Waals surface area (Å²) in [7, 11) is 2.80. The number of oxime groups is 1. The van der Waals surface area contributed by atoms with Crippen LogP contribution >= 0.6 is 35.1 Å². The zero-order valence-electron chi connectivity index (χ0n) is 32.8. The Kier molecular flexibility index (Phi) is 23.4. The molecule has 1 aromatic heterocycles. The van der Waals surface area contributed by atoms with Crippen molar-refractivity contribution in [2.75, 3.05) is 25.7 Å². The first-order chi connectivity index (χ1) is 25.6. The third kappa shape index (κ3) is 15.3. The predicted octanol–water partition coefficient (Wildman–Crippen LogP) is 14.2. The first-order valence-electron chi connectivity index (χ1n) is 20.3. The molecule has 1 heterocycles. The first kappa shape index (κ1) is 44.3. The second kappa shape index (κ2) is 27.5. The molecule has 0 saturated heterocycles. The highest BCUT2D eigenvalue weighted by Gasteiger charge is 2.26. The van der Waals surface area contributed by atoms with Gasteiger partial charge < -0.3 is 14.1 Å². The summed E-state index contributed by atoms with van der Waals surface area (Å²) >= 11 is 11.6. The molecule has 290 valence electrons. The molecule has 0 bridgehead atoms. The fourth-order valence-electron chi connectivity index (χ4n) is 6.90. The number of halogens is 1. The molecule has 5 nitrogen and oxygen atoms in total. The Balaban J connectivity index is 1.73. The van der Waals surface area contributed by atoms with Crippen LogP contribution < -0.4 is 0 Å². The number of ether oxygens (including phenoxy) is 1. The molecule has 0 atom stereocenters. The number of hydrogen-bond acceptors (Lipinski definition) is 6. The minimum Gasteiger partial charge on any atom is -0.464 e. The molecular weight excluding hydrogens is 704 g/mol. The topological polar surface area (TPSA) is 52.8 Å².